The summed E-state index contributed by atoms with van der Waals surface area (Å²) in [5, 5.41) is 3.23. The number of amides is 1. The molecule has 132 valence electrons. The number of hydrogen-bond donors (Lipinski definition) is 1. The van der Waals surface area contributed by atoms with Gasteiger partial charge in [0.05, 0.1) is 6.04 Å². The summed E-state index contributed by atoms with van der Waals surface area (Å²) in [6.07, 6.45) is 11.0. The van der Waals surface area contributed by atoms with Crippen LogP contribution in [0.1, 0.15) is 23.2 Å². The number of carbonyl (C=O) groups is 1. The van der Waals surface area contributed by atoms with Gasteiger partial charge in [0, 0.05) is 25.7 Å². The predicted molar refractivity (Wildman–Crippen MR) is 95.9 cm³/mol. The lowest BCUT2D eigenvalue weighted by atomic mass is 9.55. The van der Waals surface area contributed by atoms with Gasteiger partial charge in [0.25, 0.3) is 5.91 Å². The summed E-state index contributed by atoms with van der Waals surface area (Å²) in [5.74, 6) is 0.661. The van der Waals surface area contributed by atoms with Crippen molar-refractivity contribution in [2.75, 3.05) is 14.2 Å². The van der Waals surface area contributed by atoms with Crippen LogP contribution in [-0.4, -0.2) is 32.0 Å². The molecule has 2 bridgehead atoms. The van der Waals surface area contributed by atoms with E-state index in [2.05, 4.69) is 23.5 Å². The standard InChI is InChI=1S/C21H25NO3/c1-24-21(25-2)13-12-17(22-20(23)16-6-4-3-5-7-16)18-14-8-10-15(11-9-14)19(18)21/h3-8,10,12-15,17-19H,9,11H2,1-2H3,(H,22,23)/t14-,15+,17?,18+,19+/m1/s1. The second kappa shape index (κ2) is 6.43. The Morgan fingerprint density at radius 1 is 1.04 bits per heavy atom. The number of ether oxygens (including phenoxy) is 2. The van der Waals surface area contributed by atoms with Gasteiger partial charge < -0.3 is 14.8 Å². The van der Waals surface area contributed by atoms with Crippen molar-refractivity contribution in [3.8, 4) is 0 Å². The predicted octanol–water partition coefficient (Wildman–Crippen LogP) is 3.17. The van der Waals surface area contributed by atoms with Gasteiger partial charge in [0.2, 0.25) is 0 Å². The monoisotopic (exact) mass is 339 g/mol. The van der Waals surface area contributed by atoms with E-state index in [4.69, 9.17) is 9.47 Å². The fourth-order valence-corrected chi connectivity index (χ4v) is 5.03. The first kappa shape index (κ1) is 16.6. The van der Waals surface area contributed by atoms with Gasteiger partial charge in [-0.15, -0.1) is 0 Å². The molecule has 1 fully saturated rings. The second-order valence-corrected chi connectivity index (χ2v) is 7.25. The fourth-order valence-electron chi connectivity index (χ4n) is 5.03. The Bertz CT molecular complexity index is 692. The molecule has 4 heteroatoms. The van der Waals surface area contributed by atoms with Crippen molar-refractivity contribution in [2.24, 2.45) is 23.7 Å². The van der Waals surface area contributed by atoms with Crippen molar-refractivity contribution in [2.45, 2.75) is 24.7 Å². The highest BCUT2D eigenvalue weighted by Crippen LogP contribution is 2.54. The molecule has 0 aliphatic heterocycles. The van der Waals surface area contributed by atoms with Crippen molar-refractivity contribution in [3.63, 3.8) is 0 Å². The Balaban J connectivity index is 1.65. The third kappa shape index (κ3) is 2.64. The Hall–Kier alpha value is -1.91. The van der Waals surface area contributed by atoms with Crippen LogP contribution in [0.2, 0.25) is 0 Å². The minimum atomic E-state index is -0.702. The van der Waals surface area contributed by atoms with Crippen molar-refractivity contribution >= 4 is 5.91 Å². The van der Waals surface area contributed by atoms with E-state index in [0.29, 0.717) is 23.3 Å². The molecule has 1 amide bonds. The zero-order valence-electron chi connectivity index (χ0n) is 14.7. The molecule has 4 nitrogen and oxygen atoms in total. The Kier molecular flexibility index (Phi) is 4.26. The first-order valence-corrected chi connectivity index (χ1v) is 9.02. The fraction of sp³-hybridized carbons (Fsp3) is 0.476. The number of nitrogens with one attached hydrogen (secondary N) is 1. The highest BCUT2D eigenvalue weighted by atomic mass is 16.7. The van der Waals surface area contributed by atoms with Crippen molar-refractivity contribution in [3.05, 3.63) is 60.2 Å². The molecule has 0 saturated heterocycles. The van der Waals surface area contributed by atoms with E-state index >= 15 is 0 Å². The number of fused-ring (bicyclic) bond motifs is 1. The van der Waals surface area contributed by atoms with E-state index in [0.717, 1.165) is 12.8 Å². The van der Waals surface area contributed by atoms with Gasteiger partial charge in [-0.05, 0) is 48.8 Å². The highest BCUT2D eigenvalue weighted by Gasteiger charge is 2.56. The summed E-state index contributed by atoms with van der Waals surface area (Å²) in [7, 11) is 3.42. The number of methoxy groups -OCH3 is 2. The normalized spacial score (nSPS) is 34.6. The van der Waals surface area contributed by atoms with Crippen LogP contribution in [0.3, 0.4) is 0 Å². The molecule has 1 aromatic carbocycles. The lowest BCUT2D eigenvalue weighted by Crippen LogP contribution is -2.60. The molecule has 5 atom stereocenters. The average Bonchev–Trinajstić information content (AvgIpc) is 2.70. The molecule has 4 aliphatic rings. The molecular weight excluding hydrogens is 314 g/mol. The summed E-state index contributed by atoms with van der Waals surface area (Å²) in [4.78, 5) is 12.7. The molecule has 1 unspecified atom stereocenters. The van der Waals surface area contributed by atoms with E-state index in [1.165, 1.54) is 0 Å². The van der Waals surface area contributed by atoms with Crippen molar-refractivity contribution in [1.29, 1.82) is 0 Å². The smallest absolute Gasteiger partial charge is 0.251 e. The molecular formula is C21H25NO3. The number of rotatable bonds is 4. The van der Waals surface area contributed by atoms with Crippen LogP contribution in [0.15, 0.2) is 54.6 Å². The number of carbonyl (C=O) groups excluding carboxylic acids is 1. The largest absolute Gasteiger partial charge is 0.349 e. The Labute approximate surface area is 148 Å². The molecule has 0 aromatic heterocycles. The van der Waals surface area contributed by atoms with Crippen LogP contribution in [-0.2, 0) is 9.47 Å². The zero-order chi connectivity index (χ0) is 17.4. The zero-order valence-corrected chi connectivity index (χ0v) is 14.7. The van der Waals surface area contributed by atoms with Crippen LogP contribution >= 0.6 is 0 Å². The maximum absolute atomic E-state index is 12.7. The lowest BCUT2D eigenvalue weighted by Gasteiger charge is -2.55. The topological polar surface area (TPSA) is 47.6 Å². The minimum absolute atomic E-state index is 0.00567. The Morgan fingerprint density at radius 2 is 1.72 bits per heavy atom. The van der Waals surface area contributed by atoms with Gasteiger partial charge in [0.15, 0.2) is 5.79 Å². The third-order valence-electron chi connectivity index (χ3n) is 6.20. The summed E-state index contributed by atoms with van der Waals surface area (Å²) in [6, 6.07) is 9.39. The molecule has 4 aliphatic carbocycles. The van der Waals surface area contributed by atoms with Crippen LogP contribution < -0.4 is 5.32 Å². The second-order valence-electron chi connectivity index (χ2n) is 7.25. The molecule has 1 N–H and O–H groups in total. The molecule has 25 heavy (non-hydrogen) atoms. The van der Waals surface area contributed by atoms with Crippen molar-refractivity contribution in [1.82, 2.24) is 5.32 Å². The minimum Gasteiger partial charge on any atom is -0.349 e. The molecule has 5 rings (SSSR count). The summed E-state index contributed by atoms with van der Waals surface area (Å²) >= 11 is 0. The summed E-state index contributed by atoms with van der Waals surface area (Å²) in [5.41, 5.74) is 0.694. The number of hydrogen-bond acceptors (Lipinski definition) is 3. The van der Waals surface area contributed by atoms with Crippen LogP contribution in [0, 0.1) is 23.7 Å². The van der Waals surface area contributed by atoms with Gasteiger partial charge in [-0.25, -0.2) is 0 Å². The SMILES string of the molecule is COC1(OC)C=CC(NC(=O)c2ccccc2)[C@H]2[C@@H]1[C@H]1C=C[C@@H]2CC1. The van der Waals surface area contributed by atoms with E-state index in [1.807, 2.05) is 36.4 Å². The third-order valence-corrected chi connectivity index (χ3v) is 6.20. The molecule has 1 aromatic rings. The quantitative estimate of drug-likeness (QED) is 0.677. The van der Waals surface area contributed by atoms with Gasteiger partial charge in [-0.2, -0.15) is 0 Å². The van der Waals surface area contributed by atoms with Crippen molar-refractivity contribution < 1.29 is 14.3 Å². The number of allylic oxidation sites excluding steroid dienone is 2. The maximum Gasteiger partial charge on any atom is 0.251 e. The highest BCUT2D eigenvalue weighted by molar-refractivity contribution is 5.94. The van der Waals surface area contributed by atoms with Crippen LogP contribution in [0.4, 0.5) is 0 Å². The van der Waals surface area contributed by atoms with Gasteiger partial charge in [0.1, 0.15) is 0 Å². The first-order chi connectivity index (χ1) is 12.2. The first-order valence-electron chi connectivity index (χ1n) is 9.02. The van der Waals surface area contributed by atoms with Crippen LogP contribution in [0.25, 0.3) is 0 Å². The van der Waals surface area contributed by atoms with E-state index in [1.54, 1.807) is 14.2 Å². The van der Waals surface area contributed by atoms with Gasteiger partial charge in [-0.3, -0.25) is 4.79 Å². The lowest BCUT2D eigenvalue weighted by molar-refractivity contribution is -0.240. The average molecular weight is 339 g/mol. The van der Waals surface area contributed by atoms with E-state index < -0.39 is 5.79 Å². The summed E-state index contributed by atoms with van der Waals surface area (Å²) in [6.45, 7) is 0. The number of benzene rings is 1. The van der Waals surface area contributed by atoms with E-state index in [-0.39, 0.29) is 17.9 Å². The molecule has 0 heterocycles. The summed E-state index contributed by atoms with van der Waals surface area (Å²) < 4.78 is 11.7. The van der Waals surface area contributed by atoms with E-state index in [9.17, 15) is 4.79 Å². The molecule has 1 saturated carbocycles. The van der Waals surface area contributed by atoms with Crippen LogP contribution in [0.5, 0.6) is 0 Å². The molecule has 0 spiro atoms. The maximum atomic E-state index is 12.7. The Morgan fingerprint density at radius 3 is 2.36 bits per heavy atom. The van der Waals surface area contributed by atoms with Gasteiger partial charge in [-0.1, -0.05) is 36.4 Å². The molecule has 0 radical (unpaired) electrons. The van der Waals surface area contributed by atoms with Gasteiger partial charge >= 0.3 is 0 Å².